The van der Waals surface area contributed by atoms with Crippen molar-refractivity contribution in [2.75, 3.05) is 11.9 Å². The molecule has 1 fully saturated rings. The zero-order chi connectivity index (χ0) is 19.3. The fraction of sp³-hybridized carbons (Fsp3) is 0.316. The summed E-state index contributed by atoms with van der Waals surface area (Å²) in [6.07, 6.45) is 4.39. The van der Waals surface area contributed by atoms with Gasteiger partial charge in [0.2, 0.25) is 0 Å². The van der Waals surface area contributed by atoms with Gasteiger partial charge in [-0.2, -0.15) is 10.5 Å². The van der Waals surface area contributed by atoms with Gasteiger partial charge in [0.15, 0.2) is 11.9 Å². The molecule has 3 aromatic rings. The Labute approximate surface area is 160 Å². The number of hydrogen-bond donors (Lipinski definition) is 2. The highest BCUT2D eigenvalue weighted by atomic mass is 19.1. The van der Waals surface area contributed by atoms with E-state index in [1.54, 1.807) is 22.8 Å². The Morgan fingerprint density at radius 2 is 2.21 bits per heavy atom. The second-order valence-electron chi connectivity index (χ2n) is 7.02. The van der Waals surface area contributed by atoms with Crippen molar-refractivity contribution in [3.05, 3.63) is 53.6 Å². The third-order valence-electron chi connectivity index (χ3n) is 5.06. The van der Waals surface area contributed by atoms with Crippen molar-refractivity contribution >= 4 is 17.4 Å². The topological polar surface area (TPSA) is 83.8 Å². The lowest BCUT2D eigenvalue weighted by Gasteiger charge is -2.34. The summed E-state index contributed by atoms with van der Waals surface area (Å²) < 4.78 is 21.6. The highest BCUT2D eigenvalue weighted by Crippen LogP contribution is 2.30. The highest BCUT2D eigenvalue weighted by Gasteiger charge is 2.29. The standard InChI is InChI=1S/C19H19FN6O2/c1-11-13-9-12(20)4-5-15(13)28-17-3-2-7-26(24-17)19(27)14-10-21-25-8-6-16(22-11)23-18(14)25/h4-6,8-11,17,24H,2-3,7H2,1H3,(H,22,23)/t11-,17+/m1/s1. The largest absolute Gasteiger partial charge is 0.473 e. The predicted octanol–water partition coefficient (Wildman–Crippen LogP) is 2.50. The second-order valence-corrected chi connectivity index (χ2v) is 7.02. The minimum absolute atomic E-state index is 0.209. The first-order chi connectivity index (χ1) is 13.6. The zero-order valence-corrected chi connectivity index (χ0v) is 15.2. The number of nitrogens with zero attached hydrogens (tertiary/aromatic N) is 4. The number of carbonyl (C=O) groups excluding carboxylic acids is 1. The van der Waals surface area contributed by atoms with Crippen molar-refractivity contribution < 1.29 is 13.9 Å². The number of benzene rings is 1. The fourth-order valence-electron chi connectivity index (χ4n) is 3.65. The van der Waals surface area contributed by atoms with Gasteiger partial charge < -0.3 is 10.1 Å². The van der Waals surface area contributed by atoms with E-state index >= 15 is 0 Å². The molecule has 2 aliphatic rings. The van der Waals surface area contributed by atoms with Gasteiger partial charge in [-0.1, -0.05) is 0 Å². The molecule has 9 heteroatoms. The van der Waals surface area contributed by atoms with Crippen molar-refractivity contribution in [1.82, 2.24) is 25.0 Å². The Kier molecular flexibility index (Phi) is 3.90. The number of rotatable bonds is 0. The highest BCUT2D eigenvalue weighted by molar-refractivity contribution is 5.99. The van der Waals surface area contributed by atoms with Crippen LogP contribution in [0.25, 0.3) is 5.65 Å². The van der Waals surface area contributed by atoms with Gasteiger partial charge in [0.1, 0.15) is 22.9 Å². The van der Waals surface area contributed by atoms with Crippen molar-refractivity contribution in [1.29, 1.82) is 0 Å². The van der Waals surface area contributed by atoms with Crippen LogP contribution in [0.4, 0.5) is 10.2 Å². The van der Waals surface area contributed by atoms with E-state index < -0.39 is 6.23 Å². The van der Waals surface area contributed by atoms with Gasteiger partial charge in [-0.05, 0) is 37.6 Å². The van der Waals surface area contributed by atoms with Crippen LogP contribution in [0.15, 0.2) is 36.7 Å². The summed E-state index contributed by atoms with van der Waals surface area (Å²) in [6.45, 7) is 2.47. The van der Waals surface area contributed by atoms with Crippen LogP contribution in [0.3, 0.4) is 0 Å². The van der Waals surface area contributed by atoms with Gasteiger partial charge in [-0.25, -0.2) is 13.9 Å². The Hall–Kier alpha value is -3.20. The van der Waals surface area contributed by atoms with Gasteiger partial charge >= 0.3 is 0 Å². The molecule has 5 rings (SSSR count). The van der Waals surface area contributed by atoms with Gasteiger partial charge in [-0.3, -0.25) is 9.80 Å². The second kappa shape index (κ2) is 6.45. The lowest BCUT2D eigenvalue weighted by atomic mass is 10.1. The molecule has 1 aromatic carbocycles. The summed E-state index contributed by atoms with van der Waals surface area (Å²) in [4.78, 5) is 17.6. The number of aromatic nitrogens is 3. The van der Waals surface area contributed by atoms with Crippen LogP contribution in [0.2, 0.25) is 0 Å². The minimum atomic E-state index is -0.392. The van der Waals surface area contributed by atoms with E-state index in [1.165, 1.54) is 23.3 Å². The lowest BCUT2D eigenvalue weighted by Crippen LogP contribution is -2.54. The number of amides is 1. The molecule has 2 atom stereocenters. The summed E-state index contributed by atoms with van der Waals surface area (Å²) >= 11 is 0. The van der Waals surface area contributed by atoms with E-state index in [2.05, 4.69) is 20.8 Å². The maximum absolute atomic E-state index is 13.9. The average Bonchev–Trinajstić information content (AvgIpc) is 3.11. The number of hydrazine groups is 1. The fourth-order valence-corrected chi connectivity index (χ4v) is 3.65. The summed E-state index contributed by atoms with van der Waals surface area (Å²) in [5, 5.41) is 9.03. The zero-order valence-electron chi connectivity index (χ0n) is 15.2. The molecule has 0 spiro atoms. The molecule has 1 amide bonds. The monoisotopic (exact) mass is 382 g/mol. The van der Waals surface area contributed by atoms with E-state index in [0.717, 1.165) is 12.8 Å². The van der Waals surface area contributed by atoms with Crippen molar-refractivity contribution in [2.45, 2.75) is 32.0 Å². The smallest absolute Gasteiger partial charge is 0.273 e. The Morgan fingerprint density at radius 3 is 3.11 bits per heavy atom. The van der Waals surface area contributed by atoms with Gasteiger partial charge in [0, 0.05) is 24.7 Å². The van der Waals surface area contributed by atoms with Gasteiger partial charge in [-0.15, -0.1) is 0 Å². The lowest BCUT2D eigenvalue weighted by molar-refractivity contribution is 0.0125. The number of ether oxygens (including phenoxy) is 1. The molecule has 8 nitrogen and oxygen atoms in total. The van der Waals surface area contributed by atoms with Crippen LogP contribution >= 0.6 is 0 Å². The van der Waals surface area contributed by atoms with Gasteiger partial charge in [0.25, 0.3) is 5.91 Å². The van der Waals surface area contributed by atoms with Crippen molar-refractivity contribution in [3.63, 3.8) is 0 Å². The van der Waals surface area contributed by atoms with E-state index in [4.69, 9.17) is 4.74 Å². The molecule has 2 aromatic heterocycles. The van der Waals surface area contributed by atoms with Crippen LogP contribution < -0.4 is 15.5 Å². The van der Waals surface area contributed by atoms with E-state index in [-0.39, 0.29) is 17.8 Å². The van der Waals surface area contributed by atoms with E-state index in [0.29, 0.717) is 34.9 Å². The molecule has 2 N–H and O–H groups in total. The first kappa shape index (κ1) is 16.9. The maximum Gasteiger partial charge on any atom is 0.273 e. The Bertz CT molecular complexity index is 1070. The molecule has 28 heavy (non-hydrogen) atoms. The molecular formula is C19H19FN6O2. The Morgan fingerprint density at radius 1 is 1.32 bits per heavy atom. The van der Waals surface area contributed by atoms with E-state index in [1.807, 2.05) is 6.92 Å². The third kappa shape index (κ3) is 2.84. The summed E-state index contributed by atoms with van der Waals surface area (Å²) in [5.74, 6) is 0.584. The Balaban J connectivity index is 1.65. The van der Waals surface area contributed by atoms with Crippen LogP contribution in [-0.2, 0) is 0 Å². The quantitative estimate of drug-likeness (QED) is 0.622. The number of nitrogens with one attached hydrogen (secondary N) is 2. The van der Waals surface area contributed by atoms with Crippen LogP contribution in [-0.4, -0.2) is 38.3 Å². The summed E-state index contributed by atoms with van der Waals surface area (Å²) in [6, 6.07) is 5.96. The van der Waals surface area contributed by atoms with Crippen LogP contribution in [0, 0.1) is 5.82 Å². The van der Waals surface area contributed by atoms with Crippen molar-refractivity contribution in [2.24, 2.45) is 0 Å². The number of fused-ring (bicyclic) bond motifs is 4. The summed E-state index contributed by atoms with van der Waals surface area (Å²) in [5.41, 5.74) is 4.69. The predicted molar refractivity (Wildman–Crippen MR) is 99.2 cm³/mol. The molecule has 0 saturated carbocycles. The molecule has 2 aliphatic heterocycles. The molecule has 4 heterocycles. The van der Waals surface area contributed by atoms with E-state index in [9.17, 15) is 9.18 Å². The number of carbonyl (C=O) groups is 1. The first-order valence-corrected chi connectivity index (χ1v) is 9.23. The maximum atomic E-state index is 13.9. The van der Waals surface area contributed by atoms with Crippen LogP contribution in [0.1, 0.15) is 41.7 Å². The SMILES string of the molecule is C[C@H]1Nc2ccn3ncc(c3n2)C(=O)N2CCC[C@@H](N2)Oc2ccc(F)cc21. The minimum Gasteiger partial charge on any atom is -0.473 e. The molecular weight excluding hydrogens is 363 g/mol. The molecule has 4 bridgehead atoms. The summed E-state index contributed by atoms with van der Waals surface area (Å²) in [7, 11) is 0. The molecule has 0 aliphatic carbocycles. The molecule has 144 valence electrons. The normalized spacial score (nSPS) is 21.9. The molecule has 0 unspecified atom stereocenters. The van der Waals surface area contributed by atoms with Crippen LogP contribution in [0.5, 0.6) is 5.75 Å². The molecule has 0 radical (unpaired) electrons. The number of halogens is 1. The van der Waals surface area contributed by atoms with Crippen molar-refractivity contribution in [3.8, 4) is 5.75 Å². The first-order valence-electron chi connectivity index (χ1n) is 9.23. The number of hydrogen-bond acceptors (Lipinski definition) is 6. The average molecular weight is 382 g/mol. The molecule has 1 saturated heterocycles. The number of anilines is 1. The third-order valence-corrected chi connectivity index (χ3v) is 5.06. The van der Waals surface area contributed by atoms with Gasteiger partial charge in [0.05, 0.1) is 12.2 Å².